The number of amides is 1. The van der Waals surface area contributed by atoms with E-state index in [0.717, 1.165) is 28.0 Å². The van der Waals surface area contributed by atoms with Crippen molar-refractivity contribution in [2.75, 3.05) is 20.8 Å². The highest BCUT2D eigenvalue weighted by Crippen LogP contribution is 2.66. The zero-order valence-corrected chi connectivity index (χ0v) is 35.6. The largest absolute Gasteiger partial charge is 0.497 e. The van der Waals surface area contributed by atoms with E-state index in [4.69, 9.17) is 14.2 Å². The normalized spacial score (nSPS) is 30.6. The van der Waals surface area contributed by atoms with Crippen molar-refractivity contribution in [1.29, 1.82) is 0 Å². The van der Waals surface area contributed by atoms with Gasteiger partial charge in [-0.3, -0.25) is 14.4 Å². The molecule has 1 amide bonds. The van der Waals surface area contributed by atoms with Crippen LogP contribution in [0.3, 0.4) is 0 Å². The molecule has 2 aromatic carbocycles. The Kier molecular flexibility index (Phi) is 10.8. The lowest BCUT2D eigenvalue weighted by molar-refractivity contribution is -0.178. The molecule has 4 aliphatic carbocycles. The number of aryl methyl sites for hydroxylation is 1. The summed E-state index contributed by atoms with van der Waals surface area (Å²) in [4.78, 5) is 46.7. The summed E-state index contributed by atoms with van der Waals surface area (Å²) < 4.78 is 17.5. The molecule has 10 heteroatoms. The fourth-order valence-electron chi connectivity index (χ4n) is 10.6. The summed E-state index contributed by atoms with van der Waals surface area (Å²) >= 11 is 1.47. The molecular formula is C47H59NO8S. The molecule has 6 atom stereocenters. The number of hydrogen-bond donors (Lipinski definition) is 2. The smallest absolute Gasteiger partial charge is 0.313 e. The molecule has 3 fully saturated rings. The SMILES string of the molecule is COc1ccc(CN(CC2(O)CCC3c4ccc(cc4C(=O)c4ccc(C)s4)CC(O)CCC(C)=CCCC32C)C(=O)C23CCC(C)(C(=O)O2)C3(C)C)c(OC)c1. The number of rotatable bonds is 9. The lowest BCUT2D eigenvalue weighted by Gasteiger charge is -2.47. The fourth-order valence-corrected chi connectivity index (χ4v) is 11.4. The number of allylic oxidation sites excluding steroid dienone is 2. The van der Waals surface area contributed by atoms with E-state index in [1.54, 1.807) is 25.2 Å². The number of esters is 1. The Labute approximate surface area is 341 Å². The number of aliphatic hydroxyl groups is 2. The molecular weight excluding hydrogens is 739 g/mol. The summed E-state index contributed by atoms with van der Waals surface area (Å²) in [7, 11) is 3.17. The lowest BCUT2D eigenvalue weighted by atomic mass is 9.64. The van der Waals surface area contributed by atoms with Crippen molar-refractivity contribution < 1.29 is 38.8 Å². The second-order valence-electron chi connectivity index (χ2n) is 18.2. The molecule has 2 heterocycles. The van der Waals surface area contributed by atoms with E-state index in [0.29, 0.717) is 73.3 Å². The number of benzene rings is 2. The van der Waals surface area contributed by atoms with Crippen LogP contribution >= 0.6 is 11.3 Å². The zero-order chi connectivity index (χ0) is 41.1. The molecule has 2 N–H and O–H groups in total. The number of thiophene rings is 1. The Bertz CT molecular complexity index is 2100. The van der Waals surface area contributed by atoms with Crippen molar-refractivity contribution >= 4 is 29.0 Å². The Morgan fingerprint density at radius 2 is 1.72 bits per heavy atom. The number of fused-ring (bicyclic) bond motifs is 10. The maximum absolute atomic E-state index is 15.4. The van der Waals surface area contributed by atoms with Crippen LogP contribution in [-0.4, -0.2) is 70.8 Å². The van der Waals surface area contributed by atoms with Crippen LogP contribution in [0.2, 0.25) is 0 Å². The highest BCUT2D eigenvalue weighted by atomic mass is 32.1. The average molecular weight is 798 g/mol. The fraction of sp³-hybridized carbons (Fsp3) is 0.553. The first-order valence-corrected chi connectivity index (χ1v) is 21.3. The van der Waals surface area contributed by atoms with Gasteiger partial charge in [-0.05, 0) is 126 Å². The molecule has 0 spiro atoms. The first kappa shape index (κ1) is 41.2. The van der Waals surface area contributed by atoms with Gasteiger partial charge in [-0.25, -0.2) is 0 Å². The van der Waals surface area contributed by atoms with Gasteiger partial charge in [0.05, 0.1) is 42.8 Å². The molecule has 8 rings (SSSR count). The minimum absolute atomic E-state index is 0.0134. The molecule has 57 heavy (non-hydrogen) atoms. The van der Waals surface area contributed by atoms with E-state index in [2.05, 4.69) is 19.9 Å². The van der Waals surface area contributed by atoms with Crippen molar-refractivity contribution in [3.8, 4) is 11.5 Å². The molecule has 1 aromatic heterocycles. The maximum Gasteiger partial charge on any atom is 0.313 e. The second-order valence-corrected chi connectivity index (χ2v) is 19.5. The van der Waals surface area contributed by atoms with Crippen LogP contribution in [0, 0.1) is 23.2 Å². The van der Waals surface area contributed by atoms with Crippen LogP contribution in [0.1, 0.15) is 129 Å². The predicted molar refractivity (Wildman–Crippen MR) is 221 cm³/mol. The van der Waals surface area contributed by atoms with E-state index >= 15 is 4.79 Å². The molecule has 9 nitrogen and oxygen atoms in total. The number of carbonyl (C=O) groups is 3. The van der Waals surface area contributed by atoms with E-state index in [-0.39, 0.29) is 36.7 Å². The van der Waals surface area contributed by atoms with Crippen LogP contribution in [0.25, 0.3) is 0 Å². The molecule has 3 aromatic rings. The quantitative estimate of drug-likeness (QED) is 0.126. The van der Waals surface area contributed by atoms with Crippen LogP contribution in [0.4, 0.5) is 0 Å². The number of ketones is 1. The molecule has 1 aliphatic heterocycles. The third kappa shape index (κ3) is 6.73. The average Bonchev–Trinajstić information content (AvgIpc) is 3.83. The summed E-state index contributed by atoms with van der Waals surface area (Å²) in [6.45, 7) is 12.1. The van der Waals surface area contributed by atoms with Gasteiger partial charge >= 0.3 is 5.97 Å². The van der Waals surface area contributed by atoms with Crippen molar-refractivity contribution in [2.45, 2.75) is 129 Å². The lowest BCUT2D eigenvalue weighted by Crippen LogP contribution is -2.60. The van der Waals surface area contributed by atoms with Gasteiger partial charge in [-0.2, -0.15) is 0 Å². The highest BCUT2D eigenvalue weighted by Gasteiger charge is 2.76. The monoisotopic (exact) mass is 797 g/mol. The summed E-state index contributed by atoms with van der Waals surface area (Å²) in [5, 5.41) is 24.4. The number of hydrogen-bond acceptors (Lipinski definition) is 9. The number of nitrogens with zero attached hydrogens (tertiary/aromatic N) is 1. The molecule has 6 unspecified atom stereocenters. The predicted octanol–water partition coefficient (Wildman–Crippen LogP) is 8.49. The summed E-state index contributed by atoms with van der Waals surface area (Å²) in [5.74, 6) is 0.200. The molecule has 5 aliphatic rings. The van der Waals surface area contributed by atoms with Gasteiger partial charge in [0, 0.05) is 39.4 Å². The number of aliphatic hydroxyl groups excluding tert-OH is 1. The van der Waals surface area contributed by atoms with E-state index < -0.39 is 33.6 Å². The van der Waals surface area contributed by atoms with E-state index in [9.17, 15) is 19.8 Å². The second kappa shape index (κ2) is 15.0. The third-order valence-electron chi connectivity index (χ3n) is 14.9. The number of ether oxygens (including phenoxy) is 3. The zero-order valence-electron chi connectivity index (χ0n) is 34.8. The summed E-state index contributed by atoms with van der Waals surface area (Å²) in [6.07, 6.45) is 6.66. The van der Waals surface area contributed by atoms with Crippen molar-refractivity contribution in [3.63, 3.8) is 0 Å². The Balaban J connectivity index is 1.34. The van der Waals surface area contributed by atoms with Crippen molar-refractivity contribution in [1.82, 2.24) is 4.90 Å². The molecule has 0 radical (unpaired) electrons. The molecule has 2 saturated carbocycles. The minimum Gasteiger partial charge on any atom is -0.497 e. The molecule has 1 saturated heterocycles. The van der Waals surface area contributed by atoms with Crippen molar-refractivity contribution in [2.24, 2.45) is 16.2 Å². The van der Waals surface area contributed by atoms with Gasteiger partial charge in [0.1, 0.15) is 11.5 Å². The van der Waals surface area contributed by atoms with E-state index in [1.807, 2.05) is 70.2 Å². The topological polar surface area (TPSA) is 123 Å². The summed E-state index contributed by atoms with van der Waals surface area (Å²) in [6, 6.07) is 15.4. The van der Waals surface area contributed by atoms with Crippen LogP contribution in [-0.2, 0) is 27.3 Å². The third-order valence-corrected chi connectivity index (χ3v) is 15.9. The van der Waals surface area contributed by atoms with Gasteiger partial charge < -0.3 is 29.3 Å². The van der Waals surface area contributed by atoms with Gasteiger partial charge in [0.15, 0.2) is 5.60 Å². The summed E-state index contributed by atoms with van der Waals surface area (Å²) in [5.41, 5.74) is -0.884. The van der Waals surface area contributed by atoms with Crippen LogP contribution in [0.5, 0.6) is 11.5 Å². The molecule has 4 bridgehead atoms. The van der Waals surface area contributed by atoms with Crippen LogP contribution < -0.4 is 9.47 Å². The first-order chi connectivity index (χ1) is 26.9. The first-order valence-electron chi connectivity index (χ1n) is 20.5. The van der Waals surface area contributed by atoms with Gasteiger partial charge in [-0.15, -0.1) is 11.3 Å². The minimum atomic E-state index is -1.40. The molecule has 306 valence electrons. The van der Waals surface area contributed by atoms with Gasteiger partial charge in [0.25, 0.3) is 5.91 Å². The Hall–Kier alpha value is -3.99. The van der Waals surface area contributed by atoms with Crippen LogP contribution in [0.15, 0.2) is 60.2 Å². The van der Waals surface area contributed by atoms with Gasteiger partial charge in [0.2, 0.25) is 5.78 Å². The Morgan fingerprint density at radius 3 is 2.37 bits per heavy atom. The maximum atomic E-state index is 15.4. The number of carbonyl (C=O) groups excluding carboxylic acids is 3. The van der Waals surface area contributed by atoms with Crippen molar-refractivity contribution in [3.05, 3.63) is 92.2 Å². The number of methoxy groups -OCH3 is 2. The highest BCUT2D eigenvalue weighted by molar-refractivity contribution is 7.14. The Morgan fingerprint density at radius 1 is 0.947 bits per heavy atom. The van der Waals surface area contributed by atoms with E-state index in [1.165, 1.54) is 16.9 Å². The standard InChI is InChI=1S/C47H59NO8S/c1-29-10-9-20-44(5)37(35-17-13-31(24-33(49)15-11-29)25-36(35)40(50)39-18-12-30(2)57-39)19-21-46(44,53)28-48(27-32-14-16-34(54-7)26-38(32)55-8)41(51)47-23-22-45(6,42(52)56-47)43(47,3)4/h10,12-14,16-18,25-26,33,37,49,53H,9,11,15,19-24,27-28H2,1-8H3. The van der Waals surface area contributed by atoms with Gasteiger partial charge in [-0.1, -0.05) is 44.6 Å².